The van der Waals surface area contributed by atoms with Gasteiger partial charge in [0, 0.05) is 59.1 Å². The van der Waals surface area contributed by atoms with E-state index in [-0.39, 0.29) is 59.1 Å². The third-order valence-corrected chi connectivity index (χ3v) is 4.69. The Hall–Kier alpha value is -1.64. The van der Waals surface area contributed by atoms with E-state index in [1.165, 1.54) is 33.4 Å². The molecule has 30 heavy (non-hydrogen) atoms. The predicted molar refractivity (Wildman–Crippen MR) is 134 cm³/mol. The van der Waals surface area contributed by atoms with Crippen LogP contribution >= 0.6 is 0 Å². The fraction of sp³-hybridized carbons (Fsp3) is 0. The first kappa shape index (κ1) is 24.6. The van der Waals surface area contributed by atoms with E-state index in [4.69, 9.17) is 0 Å². The van der Waals surface area contributed by atoms with Crippen molar-refractivity contribution in [3.8, 4) is 11.1 Å². The van der Waals surface area contributed by atoms with E-state index in [2.05, 4.69) is 121 Å². The van der Waals surface area contributed by atoms with Crippen molar-refractivity contribution in [2.24, 2.45) is 0 Å². The van der Waals surface area contributed by atoms with Crippen molar-refractivity contribution in [2.45, 2.75) is 0 Å². The third kappa shape index (κ3) is 7.25. The summed E-state index contributed by atoms with van der Waals surface area (Å²) in [5, 5.41) is 0. The van der Waals surface area contributed by atoms with Crippen LogP contribution in [0.15, 0.2) is 109 Å². The van der Waals surface area contributed by atoms with E-state index in [1.807, 2.05) is 12.1 Å². The number of benzene rings is 4. The molecular formula is C28H22Na2. The van der Waals surface area contributed by atoms with Gasteiger partial charge in [0.25, 0.3) is 0 Å². The van der Waals surface area contributed by atoms with Gasteiger partial charge in [-0.05, 0) is 33.4 Å². The van der Waals surface area contributed by atoms with Gasteiger partial charge in [-0.15, -0.1) is 0 Å². The second-order valence-corrected chi connectivity index (χ2v) is 6.73. The maximum Gasteiger partial charge on any atom is 0 e. The second kappa shape index (κ2) is 12.9. The monoisotopic (exact) mass is 404 g/mol. The number of hydrogen-bond acceptors (Lipinski definition) is 0. The minimum atomic E-state index is 0. The first-order valence-corrected chi connectivity index (χ1v) is 9.54. The second-order valence-electron chi connectivity index (χ2n) is 6.73. The van der Waals surface area contributed by atoms with Gasteiger partial charge in [-0.25, -0.2) is 0 Å². The van der Waals surface area contributed by atoms with Crippen LogP contribution in [-0.2, 0) is 0 Å². The Bertz CT molecular complexity index is 972. The zero-order valence-corrected chi connectivity index (χ0v) is 21.7. The van der Waals surface area contributed by atoms with Crippen molar-refractivity contribution in [2.75, 3.05) is 0 Å². The molecule has 0 aliphatic rings. The summed E-state index contributed by atoms with van der Waals surface area (Å²) in [5.74, 6) is 0. The number of hydrogen-bond donors (Lipinski definition) is 0. The molecule has 0 heterocycles. The summed E-state index contributed by atoms with van der Waals surface area (Å²) in [5.41, 5.74) is 7.30. The molecule has 2 radical (unpaired) electrons. The van der Waals surface area contributed by atoms with Crippen LogP contribution in [0.5, 0.6) is 0 Å². The van der Waals surface area contributed by atoms with Crippen LogP contribution in [0.25, 0.3) is 35.4 Å². The molecule has 4 aromatic carbocycles. The van der Waals surface area contributed by atoms with Crippen molar-refractivity contribution in [1.29, 1.82) is 0 Å². The van der Waals surface area contributed by atoms with E-state index in [1.54, 1.807) is 0 Å². The Morgan fingerprint density at radius 3 is 0.867 bits per heavy atom. The average Bonchev–Trinajstić information content (AvgIpc) is 2.78. The van der Waals surface area contributed by atoms with Crippen molar-refractivity contribution >= 4 is 83.4 Å². The zero-order chi connectivity index (χ0) is 19.0. The molecule has 0 N–H and O–H groups in total. The van der Waals surface area contributed by atoms with Gasteiger partial charge in [0.15, 0.2) is 0 Å². The Labute approximate surface area is 224 Å². The van der Waals surface area contributed by atoms with Crippen LogP contribution in [-0.4, -0.2) is 59.1 Å². The standard InChI is InChI=1S/C28H22.2Na/c1-3-7-23(8-4-1)11-13-25-15-19-27(20-16-25)28-21-17-26(18-22-28)14-12-24-9-5-2-6-10-24;;/h1-22H;;. The zero-order valence-electron chi connectivity index (χ0n) is 17.7. The largest absolute Gasteiger partial charge is 0.0622 e. The van der Waals surface area contributed by atoms with Crippen molar-refractivity contribution in [3.63, 3.8) is 0 Å². The summed E-state index contributed by atoms with van der Waals surface area (Å²) in [4.78, 5) is 0. The van der Waals surface area contributed by atoms with Gasteiger partial charge < -0.3 is 0 Å². The topological polar surface area (TPSA) is 0 Å². The Morgan fingerprint density at radius 2 is 0.567 bits per heavy atom. The van der Waals surface area contributed by atoms with Crippen LogP contribution < -0.4 is 0 Å². The van der Waals surface area contributed by atoms with Crippen LogP contribution in [0, 0.1) is 0 Å². The molecule has 0 aromatic heterocycles. The molecule has 4 aromatic rings. The molecule has 136 valence electrons. The molecule has 0 spiro atoms. The fourth-order valence-corrected chi connectivity index (χ4v) is 3.09. The Morgan fingerprint density at radius 1 is 0.300 bits per heavy atom. The molecule has 0 unspecified atom stereocenters. The molecule has 0 nitrogen and oxygen atoms in total. The third-order valence-electron chi connectivity index (χ3n) is 4.69. The van der Waals surface area contributed by atoms with Gasteiger partial charge in [-0.2, -0.15) is 0 Å². The van der Waals surface area contributed by atoms with E-state index >= 15 is 0 Å². The quantitative estimate of drug-likeness (QED) is 0.250. The van der Waals surface area contributed by atoms with E-state index in [0.29, 0.717) is 0 Å². The molecule has 0 bridgehead atoms. The van der Waals surface area contributed by atoms with Gasteiger partial charge in [-0.3, -0.25) is 0 Å². The maximum atomic E-state index is 2.18. The average molecular weight is 404 g/mol. The molecular weight excluding hydrogens is 382 g/mol. The Kier molecular flexibility index (Phi) is 10.6. The van der Waals surface area contributed by atoms with Crippen molar-refractivity contribution in [1.82, 2.24) is 0 Å². The van der Waals surface area contributed by atoms with Gasteiger partial charge in [0.2, 0.25) is 0 Å². The summed E-state index contributed by atoms with van der Waals surface area (Å²) in [6, 6.07) is 38.1. The van der Waals surface area contributed by atoms with Crippen LogP contribution in [0.1, 0.15) is 22.3 Å². The molecule has 0 aliphatic heterocycles. The molecule has 0 aliphatic carbocycles. The molecule has 0 amide bonds. The molecule has 0 atom stereocenters. The minimum absolute atomic E-state index is 0. The smallest absolute Gasteiger partial charge is 0 e. The fourth-order valence-electron chi connectivity index (χ4n) is 3.09. The van der Waals surface area contributed by atoms with Gasteiger partial charge in [-0.1, -0.05) is 133 Å². The Balaban J connectivity index is 0.00000160. The van der Waals surface area contributed by atoms with Gasteiger partial charge in [0.1, 0.15) is 0 Å². The molecule has 2 heteroatoms. The van der Waals surface area contributed by atoms with E-state index < -0.39 is 0 Å². The van der Waals surface area contributed by atoms with Crippen molar-refractivity contribution in [3.05, 3.63) is 131 Å². The summed E-state index contributed by atoms with van der Waals surface area (Å²) >= 11 is 0. The van der Waals surface area contributed by atoms with Crippen LogP contribution in [0.2, 0.25) is 0 Å². The predicted octanol–water partition coefficient (Wildman–Crippen LogP) is 6.93. The molecule has 0 saturated heterocycles. The SMILES string of the molecule is C(=Cc1ccc(-c2ccc(C=Cc3ccccc3)cc2)cc1)c1ccccc1.[Na].[Na]. The van der Waals surface area contributed by atoms with Gasteiger partial charge >= 0.3 is 0 Å². The molecule has 0 fully saturated rings. The first-order chi connectivity index (χ1) is 13.9. The summed E-state index contributed by atoms with van der Waals surface area (Å²) < 4.78 is 0. The van der Waals surface area contributed by atoms with Gasteiger partial charge in [0.05, 0.1) is 0 Å². The minimum Gasteiger partial charge on any atom is -0.0622 e. The summed E-state index contributed by atoms with van der Waals surface area (Å²) in [7, 11) is 0. The summed E-state index contributed by atoms with van der Waals surface area (Å²) in [6.45, 7) is 0. The van der Waals surface area contributed by atoms with Crippen molar-refractivity contribution < 1.29 is 0 Å². The number of rotatable bonds is 5. The van der Waals surface area contributed by atoms with E-state index in [9.17, 15) is 0 Å². The maximum absolute atomic E-state index is 2.18. The normalized spacial score (nSPS) is 10.5. The van der Waals surface area contributed by atoms with Crippen LogP contribution in [0.4, 0.5) is 0 Å². The summed E-state index contributed by atoms with van der Waals surface area (Å²) in [6.07, 6.45) is 8.58. The van der Waals surface area contributed by atoms with E-state index in [0.717, 1.165) is 0 Å². The first-order valence-electron chi connectivity index (χ1n) is 9.54. The molecule has 4 rings (SSSR count). The molecule has 0 saturated carbocycles. The van der Waals surface area contributed by atoms with Crippen LogP contribution in [0.3, 0.4) is 0 Å².